The normalized spacial score (nSPS) is 17.3. The summed E-state index contributed by atoms with van der Waals surface area (Å²) in [6, 6.07) is 0.571. The van der Waals surface area contributed by atoms with Crippen molar-refractivity contribution in [2.45, 2.75) is 71.3 Å². The second kappa shape index (κ2) is 8.47. The molecule has 1 saturated heterocycles. The summed E-state index contributed by atoms with van der Waals surface area (Å²) < 4.78 is 2.18. The van der Waals surface area contributed by atoms with Crippen molar-refractivity contribution < 1.29 is 4.79 Å². The van der Waals surface area contributed by atoms with Gasteiger partial charge >= 0.3 is 0 Å². The third-order valence-corrected chi connectivity index (χ3v) is 4.72. The van der Waals surface area contributed by atoms with Crippen molar-refractivity contribution in [2.75, 3.05) is 19.6 Å². The van der Waals surface area contributed by atoms with Gasteiger partial charge in [-0.05, 0) is 50.6 Å². The number of likely N-dealkylation sites (tertiary alicyclic amines) is 1. The van der Waals surface area contributed by atoms with Crippen molar-refractivity contribution in [1.29, 1.82) is 0 Å². The molecule has 2 heterocycles. The lowest BCUT2D eigenvalue weighted by Gasteiger charge is -2.32. The predicted octanol–water partition coefficient (Wildman–Crippen LogP) is 3.79. The second-order valence-electron chi connectivity index (χ2n) is 6.99. The predicted molar refractivity (Wildman–Crippen MR) is 90.2 cm³/mol. The van der Waals surface area contributed by atoms with Gasteiger partial charge in [-0.25, -0.2) is 0 Å². The molecule has 0 atom stereocenters. The number of aromatic nitrogens is 2. The number of Topliss-reactive ketones (excluding diaryl/α,β-unsaturated/α-hetero) is 1. The van der Waals surface area contributed by atoms with Crippen molar-refractivity contribution in [1.82, 2.24) is 14.7 Å². The van der Waals surface area contributed by atoms with Crippen molar-refractivity contribution in [3.05, 3.63) is 18.0 Å². The standard InChI is InChI=1S/C18H31N3O/c1-15(2)17-13-19-21(14-17)18-8-11-20(12-9-18)10-6-4-5-7-16(3)22/h13-15,18H,4-12H2,1-3H3. The fraction of sp³-hybridized carbons (Fsp3) is 0.778. The van der Waals surface area contributed by atoms with Crippen LogP contribution in [-0.4, -0.2) is 40.1 Å². The minimum Gasteiger partial charge on any atom is -0.303 e. The van der Waals surface area contributed by atoms with Gasteiger partial charge in [0.25, 0.3) is 0 Å². The van der Waals surface area contributed by atoms with Gasteiger partial charge in [0.05, 0.1) is 12.2 Å². The monoisotopic (exact) mass is 305 g/mol. The third kappa shape index (κ3) is 5.24. The minimum atomic E-state index is 0.320. The van der Waals surface area contributed by atoms with E-state index in [0.29, 0.717) is 17.7 Å². The molecular weight excluding hydrogens is 274 g/mol. The first-order valence-electron chi connectivity index (χ1n) is 8.82. The molecule has 0 aliphatic carbocycles. The molecule has 0 unspecified atom stereocenters. The summed E-state index contributed by atoms with van der Waals surface area (Å²) in [5, 5.41) is 4.56. The molecule has 0 spiro atoms. The van der Waals surface area contributed by atoms with Crippen molar-refractivity contribution >= 4 is 5.78 Å². The molecule has 4 nitrogen and oxygen atoms in total. The summed E-state index contributed by atoms with van der Waals surface area (Å²) in [5.41, 5.74) is 1.34. The fourth-order valence-electron chi connectivity index (χ4n) is 3.14. The zero-order chi connectivity index (χ0) is 15.9. The number of carbonyl (C=O) groups is 1. The van der Waals surface area contributed by atoms with Gasteiger partial charge in [-0.2, -0.15) is 5.10 Å². The third-order valence-electron chi connectivity index (χ3n) is 4.72. The highest BCUT2D eigenvalue weighted by Crippen LogP contribution is 2.24. The number of nitrogens with zero attached hydrogens (tertiary/aromatic N) is 3. The van der Waals surface area contributed by atoms with E-state index in [2.05, 4.69) is 34.7 Å². The van der Waals surface area contributed by atoms with Crippen molar-refractivity contribution in [3.8, 4) is 0 Å². The lowest BCUT2D eigenvalue weighted by atomic mass is 10.0. The van der Waals surface area contributed by atoms with E-state index in [1.807, 2.05) is 6.20 Å². The Morgan fingerprint density at radius 3 is 2.59 bits per heavy atom. The molecule has 0 amide bonds. The van der Waals surface area contributed by atoms with E-state index in [4.69, 9.17) is 0 Å². The van der Waals surface area contributed by atoms with Gasteiger partial charge in [0, 0.05) is 25.7 Å². The zero-order valence-corrected chi connectivity index (χ0v) is 14.4. The molecule has 0 aromatic carbocycles. The highest BCUT2D eigenvalue weighted by atomic mass is 16.1. The van der Waals surface area contributed by atoms with Crippen LogP contribution in [0.2, 0.25) is 0 Å². The first kappa shape index (κ1) is 17.2. The SMILES string of the molecule is CC(=O)CCCCCN1CCC(n2cc(C(C)C)cn2)CC1. The quantitative estimate of drug-likeness (QED) is 0.686. The molecular formula is C18H31N3O. The van der Waals surface area contributed by atoms with E-state index in [1.165, 1.54) is 50.9 Å². The average molecular weight is 305 g/mol. The van der Waals surface area contributed by atoms with Crippen LogP contribution in [0.4, 0.5) is 0 Å². The smallest absolute Gasteiger partial charge is 0.129 e. The molecule has 0 saturated carbocycles. The molecule has 1 aliphatic rings. The number of carbonyl (C=O) groups excluding carboxylic acids is 1. The highest BCUT2D eigenvalue weighted by Gasteiger charge is 2.21. The van der Waals surface area contributed by atoms with Gasteiger partial charge in [-0.3, -0.25) is 4.68 Å². The minimum absolute atomic E-state index is 0.320. The Balaban J connectivity index is 1.66. The number of piperidine rings is 1. The van der Waals surface area contributed by atoms with E-state index in [-0.39, 0.29) is 0 Å². The summed E-state index contributed by atoms with van der Waals surface area (Å²) >= 11 is 0. The Kier molecular flexibility index (Phi) is 6.62. The van der Waals surface area contributed by atoms with Crippen LogP contribution in [0.25, 0.3) is 0 Å². The molecule has 4 heteroatoms. The largest absolute Gasteiger partial charge is 0.303 e. The van der Waals surface area contributed by atoms with E-state index >= 15 is 0 Å². The van der Waals surface area contributed by atoms with Crippen LogP contribution < -0.4 is 0 Å². The molecule has 0 N–H and O–H groups in total. The first-order chi connectivity index (χ1) is 10.6. The van der Waals surface area contributed by atoms with Gasteiger partial charge in [0.15, 0.2) is 0 Å². The van der Waals surface area contributed by atoms with Crippen molar-refractivity contribution in [3.63, 3.8) is 0 Å². The summed E-state index contributed by atoms with van der Waals surface area (Å²) in [4.78, 5) is 13.5. The summed E-state index contributed by atoms with van der Waals surface area (Å²) in [6.45, 7) is 9.65. The number of hydrogen-bond acceptors (Lipinski definition) is 3. The molecule has 1 fully saturated rings. The Morgan fingerprint density at radius 2 is 2.00 bits per heavy atom. The van der Waals surface area contributed by atoms with Gasteiger partial charge in [-0.15, -0.1) is 0 Å². The lowest BCUT2D eigenvalue weighted by molar-refractivity contribution is -0.117. The molecule has 1 aliphatic heterocycles. The van der Waals surface area contributed by atoms with Crippen LogP contribution >= 0.6 is 0 Å². The van der Waals surface area contributed by atoms with Gasteiger partial charge in [-0.1, -0.05) is 20.3 Å². The Bertz CT molecular complexity index is 459. The Labute approximate surface area is 134 Å². The van der Waals surface area contributed by atoms with Crippen LogP contribution in [0.5, 0.6) is 0 Å². The number of hydrogen-bond donors (Lipinski definition) is 0. The maximum Gasteiger partial charge on any atom is 0.129 e. The van der Waals surface area contributed by atoms with Crippen LogP contribution in [0.1, 0.15) is 76.8 Å². The topological polar surface area (TPSA) is 38.1 Å². The highest BCUT2D eigenvalue weighted by molar-refractivity contribution is 5.75. The van der Waals surface area contributed by atoms with Gasteiger partial charge < -0.3 is 9.69 Å². The van der Waals surface area contributed by atoms with Crippen LogP contribution in [0, 0.1) is 0 Å². The van der Waals surface area contributed by atoms with Gasteiger partial charge in [0.2, 0.25) is 0 Å². The Morgan fingerprint density at radius 1 is 1.27 bits per heavy atom. The van der Waals surface area contributed by atoms with Crippen LogP contribution in [0.3, 0.4) is 0 Å². The molecule has 1 aromatic heterocycles. The summed E-state index contributed by atoms with van der Waals surface area (Å²) in [6.07, 6.45) is 10.8. The first-order valence-corrected chi connectivity index (χ1v) is 8.82. The van der Waals surface area contributed by atoms with Crippen molar-refractivity contribution in [2.24, 2.45) is 0 Å². The molecule has 124 valence electrons. The van der Waals surface area contributed by atoms with E-state index in [0.717, 1.165) is 12.8 Å². The number of unbranched alkanes of at least 4 members (excludes halogenated alkanes) is 2. The van der Waals surface area contributed by atoms with Crippen LogP contribution in [-0.2, 0) is 4.79 Å². The summed E-state index contributed by atoms with van der Waals surface area (Å²) in [5.74, 6) is 0.879. The maximum absolute atomic E-state index is 10.9. The van der Waals surface area contributed by atoms with Crippen LogP contribution in [0.15, 0.2) is 12.4 Å². The van der Waals surface area contributed by atoms with E-state index in [9.17, 15) is 4.79 Å². The number of rotatable bonds is 8. The fourth-order valence-corrected chi connectivity index (χ4v) is 3.14. The molecule has 1 aromatic rings. The second-order valence-corrected chi connectivity index (χ2v) is 6.99. The Hall–Kier alpha value is -1.16. The molecule has 2 rings (SSSR count). The molecule has 0 bridgehead atoms. The van der Waals surface area contributed by atoms with E-state index in [1.54, 1.807) is 6.92 Å². The lowest BCUT2D eigenvalue weighted by Crippen LogP contribution is -2.35. The van der Waals surface area contributed by atoms with Gasteiger partial charge in [0.1, 0.15) is 5.78 Å². The molecule has 22 heavy (non-hydrogen) atoms. The van der Waals surface area contributed by atoms with E-state index < -0.39 is 0 Å². The molecule has 0 radical (unpaired) electrons. The average Bonchev–Trinajstić information content (AvgIpc) is 2.97. The summed E-state index contributed by atoms with van der Waals surface area (Å²) in [7, 11) is 0. The zero-order valence-electron chi connectivity index (χ0n) is 14.4. The maximum atomic E-state index is 10.9. The number of ketones is 1.